The first-order valence-electron chi connectivity index (χ1n) is 16.7. The highest BCUT2D eigenvalue weighted by Crippen LogP contribution is 2.51. The summed E-state index contributed by atoms with van der Waals surface area (Å²) < 4.78 is 46.1. The van der Waals surface area contributed by atoms with Gasteiger partial charge in [-0.3, -0.25) is 10.2 Å². The monoisotopic (exact) mass is 755 g/mol. The molecule has 2 aliphatic heterocycles. The number of aromatic nitrogens is 1. The van der Waals surface area contributed by atoms with E-state index >= 15 is 0 Å². The number of amides is 3. The van der Waals surface area contributed by atoms with Crippen LogP contribution in [0.4, 0.5) is 24.9 Å². The second-order valence-corrected chi connectivity index (χ2v) is 19.9. The molecule has 2 saturated heterocycles. The summed E-state index contributed by atoms with van der Waals surface area (Å²) in [6.07, 6.45) is -4.44. The highest BCUT2D eigenvalue weighted by atomic mass is 28.4. The normalized spacial score (nSPS) is 21.6. The molecule has 0 spiro atoms. The lowest BCUT2D eigenvalue weighted by Gasteiger charge is -2.40. The summed E-state index contributed by atoms with van der Waals surface area (Å²) in [5.41, 5.74) is -1.51. The third kappa shape index (κ3) is 9.42. The van der Waals surface area contributed by atoms with Gasteiger partial charge in [-0.15, -0.1) is 4.99 Å². The Labute approximate surface area is 304 Å². The molecule has 2 aliphatic rings. The number of rotatable bonds is 7. The molecule has 3 rings (SSSR count). The summed E-state index contributed by atoms with van der Waals surface area (Å²) in [6.45, 7) is 20.5. The number of alkyl carbamates (subject to hydrolysis) is 1. The van der Waals surface area contributed by atoms with E-state index < -0.39 is 86.0 Å². The fourth-order valence-electron chi connectivity index (χ4n) is 5.47. The van der Waals surface area contributed by atoms with E-state index in [2.05, 4.69) is 54.2 Å². The zero-order valence-electron chi connectivity index (χ0n) is 32.4. The van der Waals surface area contributed by atoms with Gasteiger partial charge >= 0.3 is 30.3 Å². The number of methoxy groups -OCH3 is 3. The van der Waals surface area contributed by atoms with E-state index in [9.17, 15) is 24.0 Å². The number of likely N-dealkylation sites (tertiary alicyclic amines) is 1. The van der Waals surface area contributed by atoms with Crippen LogP contribution in [0.5, 0.6) is 0 Å². The summed E-state index contributed by atoms with van der Waals surface area (Å²) in [4.78, 5) is 71.2. The number of guanidine groups is 1. The summed E-state index contributed by atoms with van der Waals surface area (Å²) in [5.74, 6) is -2.71. The molecule has 292 valence electrons. The van der Waals surface area contributed by atoms with Crippen LogP contribution in [0.1, 0.15) is 84.4 Å². The van der Waals surface area contributed by atoms with Crippen molar-refractivity contribution in [1.29, 1.82) is 0 Å². The van der Waals surface area contributed by atoms with Crippen LogP contribution in [-0.2, 0) is 37.6 Å². The number of fused-ring (bicyclic) bond motifs is 1. The van der Waals surface area contributed by atoms with Crippen molar-refractivity contribution in [2.45, 2.75) is 116 Å². The minimum absolute atomic E-state index is 0.0248. The number of anilines is 1. The van der Waals surface area contributed by atoms with Gasteiger partial charge in [-0.1, -0.05) is 20.8 Å². The molecule has 0 aromatic carbocycles. The van der Waals surface area contributed by atoms with Gasteiger partial charge < -0.3 is 42.9 Å². The molecule has 0 saturated carbocycles. The second kappa shape index (κ2) is 15.8. The Kier molecular flexibility index (Phi) is 12.8. The van der Waals surface area contributed by atoms with Crippen molar-refractivity contribution in [1.82, 2.24) is 14.8 Å². The minimum atomic E-state index is -2.41. The standard InChI is InChI=1S/C33H53N5O13Si/c1-15-47-25(39)22-20(34-26(35-27(40)44-10)36-28(41)45-11)18(16-37(22)29(42)46-12)21-24-23(49-33(8,9)50-24)19(17-48-52(13,14)32(5,6)7)38(21)30(43)51-31(2,3)4/h16,19,21,23-24H,15,17H2,1-14H3,(H2,34,35,36,40,41)/t19-,21+,23-,24+/m1/s1. The zero-order valence-corrected chi connectivity index (χ0v) is 33.4. The maximum absolute atomic E-state index is 14.4. The number of carbonyl (C=O) groups excluding carboxylic acids is 5. The molecule has 19 heteroatoms. The first kappa shape index (κ1) is 42.2. The molecule has 4 atom stereocenters. The van der Waals surface area contributed by atoms with Crippen LogP contribution in [0.3, 0.4) is 0 Å². The van der Waals surface area contributed by atoms with Gasteiger partial charge in [0, 0.05) is 11.8 Å². The van der Waals surface area contributed by atoms with Crippen molar-refractivity contribution < 1.29 is 61.6 Å². The van der Waals surface area contributed by atoms with Crippen LogP contribution < -0.4 is 10.6 Å². The molecule has 0 bridgehead atoms. The predicted octanol–water partition coefficient (Wildman–Crippen LogP) is 5.37. The zero-order chi connectivity index (χ0) is 39.6. The first-order chi connectivity index (χ1) is 23.9. The topological polar surface area (TPSA) is 204 Å². The molecule has 2 fully saturated rings. The number of esters is 1. The van der Waals surface area contributed by atoms with Crippen LogP contribution in [0.2, 0.25) is 18.1 Å². The SMILES string of the molecule is CCOC(=O)c1c(N/C(=N\C(=O)OC)NC(=O)OC)c([C@H]2[C@@H]3OC(C)(C)O[C@@H]3[C@@H](CO[Si](C)(C)C(C)(C)C)N2C(=O)OC(C)(C)C)cn1C(=O)OC. The van der Waals surface area contributed by atoms with E-state index in [1.807, 2.05) is 0 Å². The van der Waals surface area contributed by atoms with Crippen molar-refractivity contribution in [3.63, 3.8) is 0 Å². The molecular weight excluding hydrogens is 702 g/mol. The predicted molar refractivity (Wildman–Crippen MR) is 189 cm³/mol. The average molecular weight is 756 g/mol. The first-order valence-corrected chi connectivity index (χ1v) is 19.6. The second-order valence-electron chi connectivity index (χ2n) is 15.1. The van der Waals surface area contributed by atoms with Gasteiger partial charge in [0.1, 0.15) is 17.8 Å². The summed E-state index contributed by atoms with van der Waals surface area (Å²) >= 11 is 0. The molecule has 0 aliphatic carbocycles. The van der Waals surface area contributed by atoms with Gasteiger partial charge in [0.15, 0.2) is 19.8 Å². The fraction of sp³-hybridized carbons (Fsp3) is 0.697. The summed E-state index contributed by atoms with van der Waals surface area (Å²) in [6, 6.07) is -1.97. The van der Waals surface area contributed by atoms with E-state index in [1.165, 1.54) is 11.1 Å². The van der Waals surface area contributed by atoms with Crippen molar-refractivity contribution in [3.05, 3.63) is 17.5 Å². The fourth-order valence-corrected chi connectivity index (χ4v) is 6.49. The van der Waals surface area contributed by atoms with Gasteiger partial charge in [0.2, 0.25) is 5.96 Å². The van der Waals surface area contributed by atoms with Crippen LogP contribution in [-0.4, -0.2) is 118 Å². The molecule has 3 heterocycles. The van der Waals surface area contributed by atoms with Crippen LogP contribution in [0.15, 0.2) is 11.2 Å². The molecule has 52 heavy (non-hydrogen) atoms. The summed E-state index contributed by atoms with van der Waals surface area (Å²) in [5, 5.41) is 4.84. The van der Waals surface area contributed by atoms with Gasteiger partial charge in [-0.05, 0) is 59.7 Å². The van der Waals surface area contributed by atoms with Gasteiger partial charge in [0.25, 0.3) is 0 Å². The lowest BCUT2D eigenvalue weighted by molar-refractivity contribution is -0.168. The average Bonchev–Trinajstić information content (AvgIpc) is 3.64. The quantitative estimate of drug-likeness (QED) is 0.118. The van der Waals surface area contributed by atoms with Crippen molar-refractivity contribution in [2.24, 2.45) is 4.99 Å². The number of hydrogen-bond acceptors (Lipinski definition) is 13. The third-order valence-corrected chi connectivity index (χ3v) is 13.3. The van der Waals surface area contributed by atoms with Crippen LogP contribution >= 0.6 is 0 Å². The number of ether oxygens (including phenoxy) is 7. The lowest BCUT2D eigenvalue weighted by atomic mass is 10.0. The molecule has 18 nitrogen and oxygen atoms in total. The molecule has 0 unspecified atom stereocenters. The van der Waals surface area contributed by atoms with E-state index in [0.29, 0.717) is 0 Å². The Morgan fingerprint density at radius 1 is 0.942 bits per heavy atom. The van der Waals surface area contributed by atoms with Crippen molar-refractivity contribution >= 4 is 50.3 Å². The third-order valence-electron chi connectivity index (χ3n) is 8.76. The maximum Gasteiger partial charge on any atom is 0.436 e. The van der Waals surface area contributed by atoms with Crippen LogP contribution in [0.25, 0.3) is 0 Å². The van der Waals surface area contributed by atoms with E-state index in [-0.39, 0.29) is 29.5 Å². The molecule has 0 radical (unpaired) electrons. The number of nitrogens with zero attached hydrogens (tertiary/aromatic N) is 3. The van der Waals surface area contributed by atoms with E-state index in [0.717, 1.165) is 25.9 Å². The Hall–Kier alpha value is -4.20. The summed E-state index contributed by atoms with van der Waals surface area (Å²) in [7, 11) is 0.840. The highest BCUT2D eigenvalue weighted by molar-refractivity contribution is 6.74. The molecule has 1 aromatic heterocycles. The lowest BCUT2D eigenvalue weighted by Crippen LogP contribution is -2.50. The van der Waals surface area contributed by atoms with Gasteiger partial charge in [0.05, 0.1) is 52.3 Å². The number of hydrogen-bond donors (Lipinski definition) is 2. The Morgan fingerprint density at radius 2 is 1.56 bits per heavy atom. The molecule has 3 amide bonds. The molecule has 1 aromatic rings. The Balaban J connectivity index is 2.43. The molecular formula is C33H53N5O13Si. The Bertz CT molecular complexity index is 1560. The van der Waals surface area contributed by atoms with Crippen molar-refractivity contribution in [3.8, 4) is 0 Å². The van der Waals surface area contributed by atoms with Crippen LogP contribution in [0, 0.1) is 0 Å². The number of aliphatic imine (C=N–C) groups is 1. The van der Waals surface area contributed by atoms with E-state index in [4.69, 9.17) is 32.8 Å². The molecule has 2 N–H and O–H groups in total. The largest absolute Gasteiger partial charge is 0.461 e. The minimum Gasteiger partial charge on any atom is -0.461 e. The van der Waals surface area contributed by atoms with E-state index in [1.54, 1.807) is 41.5 Å². The Morgan fingerprint density at radius 3 is 2.08 bits per heavy atom. The van der Waals surface area contributed by atoms with Gasteiger partial charge in [-0.25, -0.2) is 28.5 Å². The number of carbonyl (C=O) groups is 5. The highest BCUT2D eigenvalue weighted by Gasteiger charge is 2.62. The van der Waals surface area contributed by atoms with Gasteiger partial charge in [-0.2, -0.15) is 0 Å². The smallest absolute Gasteiger partial charge is 0.436 e. The van der Waals surface area contributed by atoms with Crippen molar-refractivity contribution in [2.75, 3.05) is 39.9 Å². The maximum atomic E-state index is 14.4. The number of nitrogens with one attached hydrogen (secondary N) is 2.